The lowest BCUT2D eigenvalue weighted by molar-refractivity contribution is 0.0533. The molecule has 0 bridgehead atoms. The summed E-state index contributed by atoms with van der Waals surface area (Å²) in [5, 5.41) is 2.93. The summed E-state index contributed by atoms with van der Waals surface area (Å²) < 4.78 is 10.6. The molecule has 1 aromatic rings. The van der Waals surface area contributed by atoms with Gasteiger partial charge in [0.25, 0.3) is 5.91 Å². The van der Waals surface area contributed by atoms with E-state index in [1.54, 1.807) is 6.07 Å². The Morgan fingerprint density at radius 2 is 2.41 bits per heavy atom. The van der Waals surface area contributed by atoms with E-state index in [-0.39, 0.29) is 12.0 Å². The fourth-order valence-corrected chi connectivity index (χ4v) is 2.33. The van der Waals surface area contributed by atoms with Crippen LogP contribution in [0.25, 0.3) is 0 Å². The molecule has 1 aromatic heterocycles. The lowest BCUT2D eigenvalue weighted by Gasteiger charge is -2.22. The third kappa shape index (κ3) is 2.88. The second-order valence-electron chi connectivity index (χ2n) is 4.85. The van der Waals surface area contributed by atoms with E-state index in [4.69, 9.17) is 9.15 Å². The first kappa shape index (κ1) is 12.2. The van der Waals surface area contributed by atoms with E-state index >= 15 is 0 Å². The molecule has 0 spiro atoms. The molecule has 1 N–H and O–H groups in total. The van der Waals surface area contributed by atoms with Gasteiger partial charge in [-0.05, 0) is 18.4 Å². The van der Waals surface area contributed by atoms with Gasteiger partial charge in [-0.25, -0.2) is 0 Å². The summed E-state index contributed by atoms with van der Waals surface area (Å²) >= 11 is 0. The smallest absolute Gasteiger partial charge is 0.254 e. The van der Waals surface area contributed by atoms with E-state index in [1.807, 2.05) is 0 Å². The number of carbonyl (C=O) groups excluding carboxylic acids is 1. The Balaban J connectivity index is 1.84. The quantitative estimate of drug-likeness (QED) is 0.872. The van der Waals surface area contributed by atoms with E-state index in [2.05, 4.69) is 19.2 Å². The first-order valence-corrected chi connectivity index (χ1v) is 6.10. The molecule has 94 valence electrons. The molecule has 0 aliphatic carbocycles. The second kappa shape index (κ2) is 5.36. The topological polar surface area (TPSA) is 51.5 Å². The van der Waals surface area contributed by atoms with Crippen molar-refractivity contribution in [2.75, 3.05) is 13.2 Å². The van der Waals surface area contributed by atoms with Crippen molar-refractivity contribution in [3.8, 4) is 0 Å². The van der Waals surface area contributed by atoms with Crippen LogP contribution in [-0.2, 0) is 4.74 Å². The van der Waals surface area contributed by atoms with Gasteiger partial charge in [0.1, 0.15) is 6.26 Å². The maximum absolute atomic E-state index is 11.7. The van der Waals surface area contributed by atoms with Crippen LogP contribution >= 0.6 is 0 Å². The van der Waals surface area contributed by atoms with Gasteiger partial charge in [0.2, 0.25) is 0 Å². The maximum Gasteiger partial charge on any atom is 0.254 e. The standard InChI is InChI=1S/C13H19NO3/c1-9(2)12-10(4-6-17-12)7-14-13(15)11-3-5-16-8-11/h3,5,8-10,12H,4,6-7H2,1-2H3,(H,14,15)/t10-,12+/m0/s1. The van der Waals surface area contributed by atoms with Crippen molar-refractivity contribution < 1.29 is 13.9 Å². The molecule has 2 heterocycles. The van der Waals surface area contributed by atoms with Crippen LogP contribution in [0.5, 0.6) is 0 Å². The SMILES string of the molecule is CC(C)[C@H]1OCC[C@H]1CNC(=O)c1ccoc1. The first-order chi connectivity index (χ1) is 8.18. The number of carbonyl (C=O) groups is 1. The lowest BCUT2D eigenvalue weighted by atomic mass is 9.93. The molecule has 1 aliphatic heterocycles. The third-order valence-corrected chi connectivity index (χ3v) is 3.23. The lowest BCUT2D eigenvalue weighted by Crippen LogP contribution is -2.34. The molecule has 1 amide bonds. The zero-order chi connectivity index (χ0) is 12.3. The monoisotopic (exact) mass is 237 g/mol. The summed E-state index contributed by atoms with van der Waals surface area (Å²) in [5.41, 5.74) is 0.574. The predicted molar refractivity (Wildman–Crippen MR) is 63.7 cm³/mol. The van der Waals surface area contributed by atoms with Crippen LogP contribution in [0.2, 0.25) is 0 Å². The average molecular weight is 237 g/mol. The van der Waals surface area contributed by atoms with Crippen LogP contribution in [0, 0.1) is 11.8 Å². The summed E-state index contributed by atoms with van der Waals surface area (Å²) in [5.74, 6) is 0.840. The highest BCUT2D eigenvalue weighted by Crippen LogP contribution is 2.26. The summed E-state index contributed by atoms with van der Waals surface area (Å²) in [6, 6.07) is 1.67. The van der Waals surface area contributed by atoms with Crippen molar-refractivity contribution >= 4 is 5.91 Å². The first-order valence-electron chi connectivity index (χ1n) is 6.10. The Bertz CT molecular complexity index is 359. The van der Waals surface area contributed by atoms with Crippen LogP contribution in [0.4, 0.5) is 0 Å². The predicted octanol–water partition coefficient (Wildman–Crippen LogP) is 2.07. The summed E-state index contributed by atoms with van der Waals surface area (Å²) in [7, 11) is 0. The van der Waals surface area contributed by atoms with Gasteiger partial charge in [-0.2, -0.15) is 0 Å². The van der Waals surface area contributed by atoms with Gasteiger partial charge in [-0.3, -0.25) is 4.79 Å². The van der Waals surface area contributed by atoms with Crippen molar-refractivity contribution in [3.63, 3.8) is 0 Å². The van der Waals surface area contributed by atoms with Gasteiger partial charge in [0.05, 0.1) is 17.9 Å². The minimum Gasteiger partial charge on any atom is -0.472 e. The summed E-state index contributed by atoms with van der Waals surface area (Å²) in [6.45, 7) is 5.78. The molecule has 0 unspecified atom stereocenters. The summed E-state index contributed by atoms with van der Waals surface area (Å²) in [4.78, 5) is 11.7. The van der Waals surface area contributed by atoms with E-state index in [1.165, 1.54) is 12.5 Å². The largest absolute Gasteiger partial charge is 0.472 e. The molecule has 0 radical (unpaired) electrons. The van der Waals surface area contributed by atoms with Gasteiger partial charge in [-0.1, -0.05) is 13.8 Å². The average Bonchev–Trinajstić information content (AvgIpc) is 2.96. The minimum atomic E-state index is -0.0758. The Labute approximate surface area is 101 Å². The normalized spacial score (nSPS) is 24.2. The fraction of sp³-hybridized carbons (Fsp3) is 0.615. The highest BCUT2D eigenvalue weighted by atomic mass is 16.5. The van der Waals surface area contributed by atoms with Crippen LogP contribution in [0.1, 0.15) is 30.6 Å². The van der Waals surface area contributed by atoms with Gasteiger partial charge in [-0.15, -0.1) is 0 Å². The molecule has 4 nitrogen and oxygen atoms in total. The van der Waals surface area contributed by atoms with Crippen molar-refractivity contribution in [3.05, 3.63) is 24.2 Å². The zero-order valence-corrected chi connectivity index (χ0v) is 10.3. The van der Waals surface area contributed by atoms with E-state index < -0.39 is 0 Å². The highest BCUT2D eigenvalue weighted by Gasteiger charge is 2.30. The van der Waals surface area contributed by atoms with Crippen molar-refractivity contribution in [1.29, 1.82) is 0 Å². The molecule has 4 heteroatoms. The second-order valence-corrected chi connectivity index (χ2v) is 4.85. The molecule has 0 aromatic carbocycles. The van der Waals surface area contributed by atoms with Crippen molar-refractivity contribution in [1.82, 2.24) is 5.32 Å². The van der Waals surface area contributed by atoms with E-state index in [9.17, 15) is 4.79 Å². The van der Waals surface area contributed by atoms with Gasteiger partial charge < -0.3 is 14.5 Å². The minimum absolute atomic E-state index is 0.0758. The molecule has 1 aliphatic rings. The van der Waals surface area contributed by atoms with E-state index in [0.717, 1.165) is 13.0 Å². The van der Waals surface area contributed by atoms with Crippen molar-refractivity contribution in [2.24, 2.45) is 11.8 Å². The van der Waals surface area contributed by atoms with Crippen LogP contribution in [-0.4, -0.2) is 25.2 Å². The van der Waals surface area contributed by atoms with Crippen LogP contribution in [0.15, 0.2) is 23.0 Å². The number of rotatable bonds is 4. The molecule has 2 rings (SSSR count). The molecular weight excluding hydrogens is 218 g/mol. The number of hydrogen-bond acceptors (Lipinski definition) is 3. The Morgan fingerprint density at radius 3 is 3.06 bits per heavy atom. The Kier molecular flexibility index (Phi) is 3.84. The molecule has 2 atom stereocenters. The molecule has 17 heavy (non-hydrogen) atoms. The van der Waals surface area contributed by atoms with Crippen molar-refractivity contribution in [2.45, 2.75) is 26.4 Å². The Hall–Kier alpha value is -1.29. The number of nitrogens with one attached hydrogen (secondary N) is 1. The number of furan rings is 1. The zero-order valence-electron chi connectivity index (χ0n) is 10.3. The van der Waals surface area contributed by atoms with Gasteiger partial charge >= 0.3 is 0 Å². The van der Waals surface area contributed by atoms with Crippen LogP contribution < -0.4 is 5.32 Å². The number of ether oxygens (including phenoxy) is 1. The maximum atomic E-state index is 11.7. The third-order valence-electron chi connectivity index (χ3n) is 3.23. The highest BCUT2D eigenvalue weighted by molar-refractivity contribution is 5.93. The number of amides is 1. The van der Waals surface area contributed by atoms with E-state index in [0.29, 0.717) is 23.9 Å². The molecule has 1 saturated heterocycles. The number of hydrogen-bond donors (Lipinski definition) is 1. The van der Waals surface area contributed by atoms with Gasteiger partial charge in [0, 0.05) is 19.1 Å². The van der Waals surface area contributed by atoms with Crippen LogP contribution in [0.3, 0.4) is 0 Å². The van der Waals surface area contributed by atoms with Gasteiger partial charge in [0.15, 0.2) is 0 Å². The fourth-order valence-electron chi connectivity index (χ4n) is 2.33. The molecular formula is C13H19NO3. The molecule has 1 fully saturated rings. The molecule has 0 saturated carbocycles. The summed E-state index contributed by atoms with van der Waals surface area (Å²) in [6.07, 6.45) is 4.25. The Morgan fingerprint density at radius 1 is 1.59 bits per heavy atom.